The molecular formula is C16H25N3O3. The van der Waals surface area contributed by atoms with Crippen molar-refractivity contribution in [2.45, 2.75) is 51.6 Å². The maximum absolute atomic E-state index is 12.3. The first-order valence-corrected chi connectivity index (χ1v) is 7.11. The first-order chi connectivity index (χ1) is 9.96. The molecule has 0 radical (unpaired) electrons. The van der Waals surface area contributed by atoms with Crippen molar-refractivity contribution in [1.82, 2.24) is 10.8 Å². The minimum Gasteiger partial charge on any atom is -0.338 e. The summed E-state index contributed by atoms with van der Waals surface area (Å²) in [6.45, 7) is 9.44. The summed E-state index contributed by atoms with van der Waals surface area (Å²) in [5.74, 6) is -1.18. The summed E-state index contributed by atoms with van der Waals surface area (Å²) in [5, 5.41) is 11.3. The van der Waals surface area contributed by atoms with E-state index in [2.05, 4.69) is 26.1 Å². The highest BCUT2D eigenvalue weighted by Crippen LogP contribution is 2.22. The molecule has 6 nitrogen and oxygen atoms in total. The third-order valence-corrected chi connectivity index (χ3v) is 3.40. The molecule has 2 amide bonds. The molecule has 0 aliphatic rings. The van der Waals surface area contributed by atoms with Crippen LogP contribution in [0, 0.1) is 0 Å². The molecule has 1 aromatic carbocycles. The van der Waals surface area contributed by atoms with Gasteiger partial charge in [-0.2, -0.15) is 0 Å². The van der Waals surface area contributed by atoms with Gasteiger partial charge in [0.25, 0.3) is 11.8 Å². The van der Waals surface area contributed by atoms with Crippen LogP contribution in [0.15, 0.2) is 24.3 Å². The second kappa shape index (κ2) is 6.46. The van der Waals surface area contributed by atoms with E-state index in [1.54, 1.807) is 26.0 Å². The van der Waals surface area contributed by atoms with Crippen LogP contribution in [0.5, 0.6) is 0 Å². The van der Waals surface area contributed by atoms with Crippen LogP contribution in [0.1, 0.15) is 50.5 Å². The molecule has 1 atom stereocenters. The van der Waals surface area contributed by atoms with Gasteiger partial charge in [-0.15, -0.1) is 0 Å². The molecule has 0 saturated heterocycles. The summed E-state index contributed by atoms with van der Waals surface area (Å²) in [4.78, 5) is 23.9. The highest BCUT2D eigenvalue weighted by Gasteiger charge is 2.33. The number of carbonyl (C=O) groups is 2. The molecule has 0 fully saturated rings. The Bertz CT molecular complexity index is 539. The molecule has 1 aromatic rings. The van der Waals surface area contributed by atoms with E-state index in [9.17, 15) is 9.59 Å². The fourth-order valence-corrected chi connectivity index (χ4v) is 1.99. The molecule has 1 rings (SSSR count). The topological polar surface area (TPSA) is 104 Å². The van der Waals surface area contributed by atoms with Crippen molar-refractivity contribution in [2.24, 2.45) is 5.73 Å². The standard InChI is InChI=1S/C16H25N3O3/c1-15(2,3)11-8-6-10(7-9-11)13(20)18-12(14(21)19-22)16(4,5)17/h6-9,12,22H,17H2,1-5H3,(H,18,20)(H,19,21)/t12-/m1/s1. The summed E-state index contributed by atoms with van der Waals surface area (Å²) < 4.78 is 0. The third-order valence-electron chi connectivity index (χ3n) is 3.40. The van der Waals surface area contributed by atoms with Crippen LogP contribution in [0.3, 0.4) is 0 Å². The van der Waals surface area contributed by atoms with Crippen molar-refractivity contribution in [1.29, 1.82) is 0 Å². The van der Waals surface area contributed by atoms with Gasteiger partial charge in [0, 0.05) is 11.1 Å². The van der Waals surface area contributed by atoms with E-state index < -0.39 is 23.4 Å². The van der Waals surface area contributed by atoms with Crippen molar-refractivity contribution in [3.05, 3.63) is 35.4 Å². The highest BCUT2D eigenvalue weighted by molar-refractivity contribution is 5.97. The summed E-state index contributed by atoms with van der Waals surface area (Å²) in [6, 6.07) is 6.11. The Hall–Kier alpha value is -1.92. The van der Waals surface area contributed by atoms with E-state index in [1.807, 2.05) is 12.1 Å². The van der Waals surface area contributed by atoms with E-state index in [1.165, 1.54) is 5.48 Å². The first-order valence-electron chi connectivity index (χ1n) is 7.11. The lowest BCUT2D eigenvalue weighted by Crippen LogP contribution is -2.61. The maximum Gasteiger partial charge on any atom is 0.267 e. The van der Waals surface area contributed by atoms with Gasteiger partial charge in [-0.3, -0.25) is 14.8 Å². The van der Waals surface area contributed by atoms with Crippen molar-refractivity contribution in [3.63, 3.8) is 0 Å². The van der Waals surface area contributed by atoms with Gasteiger partial charge in [-0.1, -0.05) is 32.9 Å². The summed E-state index contributed by atoms with van der Waals surface area (Å²) in [7, 11) is 0. The number of benzene rings is 1. The van der Waals surface area contributed by atoms with Gasteiger partial charge in [0.1, 0.15) is 6.04 Å². The lowest BCUT2D eigenvalue weighted by Gasteiger charge is -2.29. The molecule has 0 bridgehead atoms. The molecule has 22 heavy (non-hydrogen) atoms. The predicted molar refractivity (Wildman–Crippen MR) is 84.6 cm³/mol. The van der Waals surface area contributed by atoms with Crippen LogP contribution in [0.4, 0.5) is 0 Å². The monoisotopic (exact) mass is 307 g/mol. The number of amides is 2. The molecule has 6 heteroatoms. The average molecular weight is 307 g/mol. The van der Waals surface area contributed by atoms with Crippen LogP contribution in [-0.4, -0.2) is 28.6 Å². The quantitative estimate of drug-likeness (QED) is 0.497. The molecular weight excluding hydrogens is 282 g/mol. The molecule has 0 heterocycles. The fourth-order valence-electron chi connectivity index (χ4n) is 1.99. The average Bonchev–Trinajstić information content (AvgIpc) is 2.41. The van der Waals surface area contributed by atoms with Crippen LogP contribution >= 0.6 is 0 Å². The molecule has 0 saturated carbocycles. The first kappa shape index (κ1) is 18.1. The van der Waals surface area contributed by atoms with Gasteiger partial charge in [0.2, 0.25) is 0 Å². The Morgan fingerprint density at radius 2 is 1.59 bits per heavy atom. The number of hydroxylamine groups is 1. The second-order valence-corrected chi connectivity index (χ2v) is 7.03. The van der Waals surface area contributed by atoms with Crippen LogP contribution < -0.4 is 16.5 Å². The van der Waals surface area contributed by atoms with Crippen molar-refractivity contribution < 1.29 is 14.8 Å². The number of carbonyl (C=O) groups excluding carboxylic acids is 2. The summed E-state index contributed by atoms with van der Waals surface area (Å²) in [5.41, 5.74) is 7.90. The van der Waals surface area contributed by atoms with Crippen LogP contribution in [-0.2, 0) is 10.2 Å². The van der Waals surface area contributed by atoms with Gasteiger partial charge in [0.05, 0.1) is 0 Å². The number of nitrogens with one attached hydrogen (secondary N) is 2. The Morgan fingerprint density at radius 3 is 1.95 bits per heavy atom. The molecule has 0 aliphatic heterocycles. The maximum atomic E-state index is 12.3. The zero-order valence-corrected chi connectivity index (χ0v) is 13.7. The van der Waals surface area contributed by atoms with Gasteiger partial charge in [-0.25, -0.2) is 5.48 Å². The predicted octanol–water partition coefficient (Wildman–Crippen LogP) is 1.33. The minimum atomic E-state index is -1.05. The fraction of sp³-hybridized carbons (Fsp3) is 0.500. The van der Waals surface area contributed by atoms with E-state index in [4.69, 9.17) is 10.9 Å². The van der Waals surface area contributed by atoms with Crippen LogP contribution in [0.25, 0.3) is 0 Å². The Balaban J connectivity index is 2.94. The zero-order chi connectivity index (χ0) is 17.1. The van der Waals surface area contributed by atoms with Gasteiger partial charge in [0.15, 0.2) is 0 Å². The number of hydrogen-bond donors (Lipinski definition) is 4. The van der Waals surface area contributed by atoms with E-state index in [-0.39, 0.29) is 5.41 Å². The van der Waals surface area contributed by atoms with Gasteiger partial charge >= 0.3 is 0 Å². The number of hydrogen-bond acceptors (Lipinski definition) is 4. The Morgan fingerprint density at radius 1 is 1.09 bits per heavy atom. The summed E-state index contributed by atoms with van der Waals surface area (Å²) >= 11 is 0. The van der Waals surface area contributed by atoms with Gasteiger partial charge < -0.3 is 11.1 Å². The Kier molecular flexibility index (Phi) is 5.32. The largest absolute Gasteiger partial charge is 0.338 e. The third kappa shape index (κ3) is 4.54. The molecule has 0 spiro atoms. The molecule has 5 N–H and O–H groups in total. The highest BCUT2D eigenvalue weighted by atomic mass is 16.5. The molecule has 0 aliphatic carbocycles. The normalized spacial score (nSPS) is 13.4. The van der Waals surface area contributed by atoms with Crippen molar-refractivity contribution >= 4 is 11.8 Å². The van der Waals surface area contributed by atoms with Crippen molar-refractivity contribution in [3.8, 4) is 0 Å². The minimum absolute atomic E-state index is 0.00638. The van der Waals surface area contributed by atoms with Crippen LogP contribution in [0.2, 0.25) is 0 Å². The summed E-state index contributed by atoms with van der Waals surface area (Å²) in [6.07, 6.45) is 0. The van der Waals surface area contributed by atoms with E-state index in [0.717, 1.165) is 5.56 Å². The molecule has 0 aromatic heterocycles. The van der Waals surface area contributed by atoms with Crippen molar-refractivity contribution in [2.75, 3.05) is 0 Å². The lowest BCUT2D eigenvalue weighted by atomic mass is 9.86. The van der Waals surface area contributed by atoms with E-state index in [0.29, 0.717) is 5.56 Å². The lowest BCUT2D eigenvalue weighted by molar-refractivity contribution is -0.132. The SMILES string of the molecule is CC(C)(C)c1ccc(C(=O)N[C@H](C(=O)NO)C(C)(C)N)cc1. The Labute approximate surface area is 131 Å². The van der Waals surface area contributed by atoms with Gasteiger partial charge in [-0.05, 0) is 37.0 Å². The number of nitrogens with two attached hydrogens (primary N) is 1. The van der Waals surface area contributed by atoms with E-state index >= 15 is 0 Å². The number of rotatable bonds is 4. The smallest absolute Gasteiger partial charge is 0.267 e. The molecule has 0 unspecified atom stereocenters. The molecule has 122 valence electrons. The zero-order valence-electron chi connectivity index (χ0n) is 13.7. The second-order valence-electron chi connectivity index (χ2n) is 7.03.